The summed E-state index contributed by atoms with van der Waals surface area (Å²) in [5, 5.41) is 14.6. The molecule has 2 unspecified atom stereocenters. The van der Waals surface area contributed by atoms with Crippen molar-refractivity contribution in [3.63, 3.8) is 0 Å². The number of morpholine rings is 1. The highest BCUT2D eigenvalue weighted by molar-refractivity contribution is 5.99. The molecule has 4 aromatic rings. The molecule has 220 valence electrons. The predicted octanol–water partition coefficient (Wildman–Crippen LogP) is 6.33. The van der Waals surface area contributed by atoms with Crippen LogP contribution in [0.1, 0.15) is 25.0 Å². The molecule has 42 heavy (non-hydrogen) atoms. The Bertz CT molecular complexity index is 1510. The molecule has 2 atom stereocenters. The third-order valence-corrected chi connectivity index (χ3v) is 7.91. The molecule has 0 spiro atoms. The molecular formula is C32H35F3N6O. The van der Waals surface area contributed by atoms with E-state index in [2.05, 4.69) is 74.4 Å². The van der Waals surface area contributed by atoms with Crippen molar-refractivity contribution in [2.45, 2.75) is 38.8 Å². The lowest BCUT2D eigenvalue weighted by molar-refractivity contribution is -0.137. The SMILES string of the molecule is CC1CN(c2ccc(Nc3nnc(N4CCN(Cc5cccc(C(F)(F)F)c5)CC4)c4ccccc34)cc2)CC(C)O1. The average Bonchev–Trinajstić information content (AvgIpc) is 2.97. The number of hydrogen-bond donors (Lipinski definition) is 1. The van der Waals surface area contributed by atoms with Crippen LogP contribution in [-0.2, 0) is 17.5 Å². The van der Waals surface area contributed by atoms with Gasteiger partial charge in [-0.2, -0.15) is 13.2 Å². The number of piperazine rings is 1. The van der Waals surface area contributed by atoms with Gasteiger partial charge in [-0.3, -0.25) is 4.90 Å². The van der Waals surface area contributed by atoms with Gasteiger partial charge in [0, 0.05) is 68.0 Å². The molecule has 0 saturated carbocycles. The van der Waals surface area contributed by atoms with E-state index in [1.165, 1.54) is 17.8 Å². The van der Waals surface area contributed by atoms with E-state index in [9.17, 15) is 13.2 Å². The lowest BCUT2D eigenvalue weighted by Gasteiger charge is -2.36. The smallest absolute Gasteiger partial charge is 0.372 e. The Hall–Kier alpha value is -3.89. The zero-order valence-corrected chi connectivity index (χ0v) is 23.8. The average molecular weight is 577 g/mol. The minimum atomic E-state index is -4.33. The molecule has 0 bridgehead atoms. The van der Waals surface area contributed by atoms with E-state index in [1.54, 1.807) is 6.07 Å². The monoisotopic (exact) mass is 576 g/mol. The quantitative estimate of drug-likeness (QED) is 0.288. The summed E-state index contributed by atoms with van der Waals surface area (Å²) in [6, 6.07) is 22.1. The second-order valence-electron chi connectivity index (χ2n) is 11.2. The number of hydrogen-bond acceptors (Lipinski definition) is 7. The van der Waals surface area contributed by atoms with Crippen LogP contribution in [0, 0.1) is 0 Å². The Kier molecular flexibility index (Phi) is 7.92. The molecule has 1 aromatic heterocycles. The van der Waals surface area contributed by atoms with Gasteiger partial charge in [-0.1, -0.05) is 42.5 Å². The number of aromatic nitrogens is 2. The van der Waals surface area contributed by atoms with Gasteiger partial charge in [-0.15, -0.1) is 10.2 Å². The van der Waals surface area contributed by atoms with Crippen LogP contribution in [0.3, 0.4) is 0 Å². The van der Waals surface area contributed by atoms with Gasteiger partial charge in [0.15, 0.2) is 11.6 Å². The number of alkyl halides is 3. The zero-order chi connectivity index (χ0) is 29.3. The second kappa shape index (κ2) is 11.8. The van der Waals surface area contributed by atoms with Crippen molar-refractivity contribution in [1.82, 2.24) is 15.1 Å². The van der Waals surface area contributed by atoms with Crippen molar-refractivity contribution in [3.8, 4) is 0 Å². The molecule has 0 aliphatic carbocycles. The third-order valence-electron chi connectivity index (χ3n) is 7.91. The van der Waals surface area contributed by atoms with Crippen LogP contribution in [0.25, 0.3) is 10.8 Å². The summed E-state index contributed by atoms with van der Waals surface area (Å²) in [4.78, 5) is 6.74. The summed E-state index contributed by atoms with van der Waals surface area (Å²) in [7, 11) is 0. The molecule has 3 aromatic carbocycles. The Balaban J connectivity index is 1.13. The number of anilines is 4. The minimum absolute atomic E-state index is 0.199. The van der Waals surface area contributed by atoms with Gasteiger partial charge in [0.05, 0.1) is 17.8 Å². The Morgan fingerprint density at radius 1 is 0.810 bits per heavy atom. The van der Waals surface area contributed by atoms with Gasteiger partial charge in [-0.25, -0.2) is 0 Å². The van der Waals surface area contributed by atoms with Crippen LogP contribution < -0.4 is 15.1 Å². The van der Waals surface area contributed by atoms with Crippen LogP contribution in [0.5, 0.6) is 0 Å². The van der Waals surface area contributed by atoms with Crippen molar-refractivity contribution >= 4 is 33.8 Å². The van der Waals surface area contributed by atoms with E-state index in [0.717, 1.165) is 54.5 Å². The molecule has 2 saturated heterocycles. The van der Waals surface area contributed by atoms with E-state index in [0.29, 0.717) is 31.0 Å². The molecule has 0 radical (unpaired) electrons. The summed E-state index contributed by atoms with van der Waals surface area (Å²) < 4.78 is 45.3. The number of benzene rings is 3. The summed E-state index contributed by atoms with van der Waals surface area (Å²) in [6.07, 6.45) is -3.94. The van der Waals surface area contributed by atoms with Crippen molar-refractivity contribution in [3.05, 3.63) is 83.9 Å². The highest BCUT2D eigenvalue weighted by Gasteiger charge is 2.30. The largest absolute Gasteiger partial charge is 0.416 e. The summed E-state index contributed by atoms with van der Waals surface area (Å²) in [5.74, 6) is 1.51. The van der Waals surface area contributed by atoms with Gasteiger partial charge < -0.3 is 19.9 Å². The van der Waals surface area contributed by atoms with Crippen LogP contribution in [0.2, 0.25) is 0 Å². The van der Waals surface area contributed by atoms with Crippen LogP contribution >= 0.6 is 0 Å². The molecule has 0 amide bonds. The first kappa shape index (κ1) is 28.2. The summed E-state index contributed by atoms with van der Waals surface area (Å²) >= 11 is 0. The summed E-state index contributed by atoms with van der Waals surface area (Å²) in [5.41, 5.74) is 2.16. The van der Waals surface area contributed by atoms with Gasteiger partial charge >= 0.3 is 6.18 Å². The maximum atomic E-state index is 13.1. The maximum absolute atomic E-state index is 13.1. The lowest BCUT2D eigenvalue weighted by Crippen LogP contribution is -2.46. The highest BCUT2D eigenvalue weighted by Crippen LogP contribution is 2.32. The number of ether oxygens (including phenoxy) is 1. The fraction of sp³-hybridized carbons (Fsp3) is 0.375. The molecule has 7 nitrogen and oxygen atoms in total. The van der Waals surface area contributed by atoms with Gasteiger partial charge in [0.1, 0.15) is 0 Å². The molecule has 2 fully saturated rings. The van der Waals surface area contributed by atoms with E-state index in [-0.39, 0.29) is 12.2 Å². The Morgan fingerprint density at radius 2 is 1.50 bits per heavy atom. The fourth-order valence-electron chi connectivity index (χ4n) is 5.92. The van der Waals surface area contributed by atoms with Crippen LogP contribution in [0.15, 0.2) is 72.8 Å². The molecule has 1 N–H and O–H groups in total. The molecule has 6 rings (SSSR count). The normalized spacial score (nSPS) is 20.2. The first-order valence-corrected chi connectivity index (χ1v) is 14.4. The molecule has 10 heteroatoms. The Labute approximate surface area is 243 Å². The van der Waals surface area contributed by atoms with Gasteiger partial charge in [-0.05, 0) is 49.7 Å². The van der Waals surface area contributed by atoms with E-state index < -0.39 is 11.7 Å². The predicted molar refractivity (Wildman–Crippen MR) is 160 cm³/mol. The summed E-state index contributed by atoms with van der Waals surface area (Å²) in [6.45, 7) is 9.30. The van der Waals surface area contributed by atoms with E-state index in [1.807, 2.05) is 18.2 Å². The van der Waals surface area contributed by atoms with Gasteiger partial charge in [0.25, 0.3) is 0 Å². The molecule has 2 aliphatic rings. The molecule has 2 aliphatic heterocycles. The number of nitrogens with zero attached hydrogens (tertiary/aromatic N) is 5. The third kappa shape index (κ3) is 6.29. The number of halogens is 3. The highest BCUT2D eigenvalue weighted by atomic mass is 19.4. The topological polar surface area (TPSA) is 56.8 Å². The lowest BCUT2D eigenvalue weighted by atomic mass is 10.1. The first-order chi connectivity index (χ1) is 20.2. The molecule has 3 heterocycles. The fourth-order valence-corrected chi connectivity index (χ4v) is 5.92. The number of nitrogens with one attached hydrogen (secondary N) is 1. The number of rotatable bonds is 6. The first-order valence-electron chi connectivity index (χ1n) is 14.4. The second-order valence-corrected chi connectivity index (χ2v) is 11.2. The van der Waals surface area contributed by atoms with Crippen LogP contribution in [-0.4, -0.2) is 66.6 Å². The van der Waals surface area contributed by atoms with Gasteiger partial charge in [0.2, 0.25) is 0 Å². The van der Waals surface area contributed by atoms with Crippen molar-refractivity contribution < 1.29 is 17.9 Å². The van der Waals surface area contributed by atoms with E-state index >= 15 is 0 Å². The van der Waals surface area contributed by atoms with Crippen molar-refractivity contribution in [2.24, 2.45) is 0 Å². The minimum Gasteiger partial charge on any atom is -0.372 e. The Morgan fingerprint density at radius 3 is 2.19 bits per heavy atom. The van der Waals surface area contributed by atoms with Crippen molar-refractivity contribution in [2.75, 3.05) is 54.4 Å². The molecular weight excluding hydrogens is 541 g/mol. The standard InChI is InChI=1S/C32H35F3N6O/c1-22-19-41(20-23(2)42-22)27-12-10-26(11-13-27)36-30-28-8-3-4-9-29(28)31(38-37-30)40-16-14-39(15-17-40)21-24-6-5-7-25(18-24)32(33,34)35/h3-13,18,22-23H,14-17,19-21H2,1-2H3,(H,36,37). The number of fused-ring (bicyclic) bond motifs is 1. The van der Waals surface area contributed by atoms with Crippen LogP contribution in [0.4, 0.5) is 36.2 Å². The zero-order valence-electron chi connectivity index (χ0n) is 23.8. The maximum Gasteiger partial charge on any atom is 0.416 e. The van der Waals surface area contributed by atoms with Crippen molar-refractivity contribution in [1.29, 1.82) is 0 Å². The van der Waals surface area contributed by atoms with E-state index in [4.69, 9.17) is 4.74 Å².